The number of hydrogen-bond donors (Lipinski definition) is 2. The second kappa shape index (κ2) is 9.58. The summed E-state index contributed by atoms with van der Waals surface area (Å²) in [6.07, 6.45) is 1.39. The topological polar surface area (TPSA) is 108 Å². The van der Waals surface area contributed by atoms with E-state index in [0.717, 1.165) is 23.3 Å². The van der Waals surface area contributed by atoms with Crippen molar-refractivity contribution in [2.24, 2.45) is 5.92 Å². The van der Waals surface area contributed by atoms with Crippen molar-refractivity contribution in [1.82, 2.24) is 20.4 Å². The van der Waals surface area contributed by atoms with E-state index < -0.39 is 17.7 Å². The monoisotopic (exact) mass is 444 g/mol. The SMILES string of the molecule is C[C@@H]1CCCN(C(=O)c2ccc(CN3C(=O)CNC3=O)cc2)[C@@H]1CNC(=O)OC(C)(C)C. The summed E-state index contributed by atoms with van der Waals surface area (Å²) in [6.45, 7) is 8.63. The van der Waals surface area contributed by atoms with Crippen LogP contribution >= 0.6 is 0 Å². The quantitative estimate of drug-likeness (QED) is 0.679. The molecule has 0 bridgehead atoms. The Bertz CT molecular complexity index is 861. The zero-order valence-electron chi connectivity index (χ0n) is 19.1. The van der Waals surface area contributed by atoms with Gasteiger partial charge in [0.1, 0.15) is 5.60 Å². The molecule has 2 aliphatic rings. The van der Waals surface area contributed by atoms with Crippen LogP contribution in [0.4, 0.5) is 9.59 Å². The molecule has 32 heavy (non-hydrogen) atoms. The largest absolute Gasteiger partial charge is 0.444 e. The molecule has 0 unspecified atom stereocenters. The first-order valence-electron chi connectivity index (χ1n) is 11.0. The average Bonchev–Trinajstić information content (AvgIpc) is 3.03. The number of urea groups is 1. The van der Waals surface area contributed by atoms with Gasteiger partial charge >= 0.3 is 12.1 Å². The number of likely N-dealkylation sites (tertiary alicyclic amines) is 1. The highest BCUT2D eigenvalue weighted by Crippen LogP contribution is 2.25. The fourth-order valence-electron chi connectivity index (χ4n) is 4.03. The minimum Gasteiger partial charge on any atom is -0.444 e. The van der Waals surface area contributed by atoms with Crippen molar-refractivity contribution in [3.63, 3.8) is 0 Å². The maximum absolute atomic E-state index is 13.2. The molecule has 2 N–H and O–H groups in total. The number of benzene rings is 1. The first-order valence-corrected chi connectivity index (χ1v) is 11.0. The van der Waals surface area contributed by atoms with Crippen LogP contribution in [0.3, 0.4) is 0 Å². The molecule has 2 fully saturated rings. The number of hydrogen-bond acceptors (Lipinski definition) is 5. The third-order valence-corrected chi connectivity index (χ3v) is 5.71. The fourth-order valence-corrected chi connectivity index (χ4v) is 4.03. The number of carbonyl (C=O) groups is 4. The van der Waals surface area contributed by atoms with E-state index in [4.69, 9.17) is 4.74 Å². The molecule has 0 saturated carbocycles. The Kier molecular flexibility index (Phi) is 7.06. The lowest BCUT2D eigenvalue weighted by Crippen LogP contribution is -2.53. The van der Waals surface area contributed by atoms with E-state index in [2.05, 4.69) is 17.6 Å². The van der Waals surface area contributed by atoms with E-state index in [1.54, 1.807) is 45.0 Å². The number of piperidine rings is 1. The highest BCUT2D eigenvalue weighted by Gasteiger charge is 2.33. The predicted octanol–water partition coefficient (Wildman–Crippen LogP) is 2.50. The third kappa shape index (κ3) is 5.77. The van der Waals surface area contributed by atoms with E-state index in [-0.39, 0.29) is 36.9 Å². The Balaban J connectivity index is 1.65. The lowest BCUT2D eigenvalue weighted by atomic mass is 9.90. The number of amides is 5. The zero-order valence-corrected chi connectivity index (χ0v) is 19.1. The molecule has 0 aromatic heterocycles. The van der Waals surface area contributed by atoms with Crippen LogP contribution in [0.25, 0.3) is 0 Å². The Labute approximate surface area is 188 Å². The third-order valence-electron chi connectivity index (χ3n) is 5.71. The highest BCUT2D eigenvalue weighted by atomic mass is 16.6. The lowest BCUT2D eigenvalue weighted by molar-refractivity contribution is -0.125. The summed E-state index contributed by atoms with van der Waals surface area (Å²) in [4.78, 5) is 51.8. The second-order valence-electron chi connectivity index (χ2n) is 9.40. The molecule has 1 aromatic carbocycles. The Hall–Kier alpha value is -3.10. The molecule has 0 spiro atoms. The van der Waals surface area contributed by atoms with Crippen molar-refractivity contribution in [3.8, 4) is 0 Å². The molecular weight excluding hydrogens is 412 g/mol. The Morgan fingerprint density at radius 2 is 1.88 bits per heavy atom. The molecule has 0 radical (unpaired) electrons. The van der Waals surface area contributed by atoms with E-state index in [1.165, 1.54) is 0 Å². The van der Waals surface area contributed by atoms with Crippen molar-refractivity contribution >= 4 is 23.9 Å². The maximum atomic E-state index is 13.2. The summed E-state index contributed by atoms with van der Waals surface area (Å²) >= 11 is 0. The van der Waals surface area contributed by atoms with Gasteiger partial charge in [0.05, 0.1) is 19.1 Å². The lowest BCUT2D eigenvalue weighted by Gasteiger charge is -2.40. The minimum absolute atomic E-state index is 0.0151. The Morgan fingerprint density at radius 1 is 1.19 bits per heavy atom. The number of nitrogens with one attached hydrogen (secondary N) is 2. The van der Waals surface area contributed by atoms with Crippen LogP contribution in [0.2, 0.25) is 0 Å². The van der Waals surface area contributed by atoms with Gasteiger partial charge in [-0.05, 0) is 57.2 Å². The molecule has 5 amide bonds. The van der Waals surface area contributed by atoms with Gasteiger partial charge in [-0.2, -0.15) is 0 Å². The molecule has 0 aliphatic carbocycles. The molecule has 9 heteroatoms. The van der Waals surface area contributed by atoms with Gasteiger partial charge < -0.3 is 20.3 Å². The predicted molar refractivity (Wildman–Crippen MR) is 118 cm³/mol. The van der Waals surface area contributed by atoms with E-state index in [1.807, 2.05) is 4.90 Å². The van der Waals surface area contributed by atoms with E-state index >= 15 is 0 Å². The van der Waals surface area contributed by atoms with Crippen LogP contribution in [0.15, 0.2) is 24.3 Å². The van der Waals surface area contributed by atoms with Crippen LogP contribution in [-0.2, 0) is 16.1 Å². The summed E-state index contributed by atoms with van der Waals surface area (Å²) < 4.78 is 5.32. The van der Waals surface area contributed by atoms with E-state index in [0.29, 0.717) is 18.7 Å². The average molecular weight is 445 g/mol. The first-order chi connectivity index (χ1) is 15.0. The summed E-state index contributed by atoms with van der Waals surface area (Å²) in [5.74, 6) is -0.131. The molecule has 3 rings (SSSR count). The zero-order chi connectivity index (χ0) is 23.5. The van der Waals surface area contributed by atoms with Gasteiger partial charge in [-0.1, -0.05) is 19.1 Å². The molecule has 2 heterocycles. The van der Waals surface area contributed by atoms with Crippen molar-refractivity contribution < 1.29 is 23.9 Å². The summed E-state index contributed by atoms with van der Waals surface area (Å²) in [7, 11) is 0. The second-order valence-corrected chi connectivity index (χ2v) is 9.40. The molecule has 1 aromatic rings. The van der Waals surface area contributed by atoms with Gasteiger partial charge in [0.15, 0.2) is 0 Å². The summed E-state index contributed by atoms with van der Waals surface area (Å²) in [6, 6.07) is 6.41. The molecule has 9 nitrogen and oxygen atoms in total. The van der Waals surface area contributed by atoms with Gasteiger partial charge in [-0.25, -0.2) is 9.59 Å². The molecular formula is C23H32N4O5. The number of nitrogens with zero attached hydrogens (tertiary/aromatic N) is 2. The van der Waals surface area contributed by atoms with Crippen LogP contribution in [0.5, 0.6) is 0 Å². The summed E-state index contributed by atoms with van der Waals surface area (Å²) in [5.41, 5.74) is 0.712. The number of rotatable bonds is 5. The smallest absolute Gasteiger partial charge is 0.407 e. The van der Waals surface area contributed by atoms with Crippen LogP contribution in [0, 0.1) is 5.92 Å². The van der Waals surface area contributed by atoms with Crippen LogP contribution in [0.1, 0.15) is 56.5 Å². The number of imide groups is 1. The fraction of sp³-hybridized carbons (Fsp3) is 0.565. The number of ether oxygens (including phenoxy) is 1. The number of carbonyl (C=O) groups excluding carboxylic acids is 4. The molecule has 174 valence electrons. The Morgan fingerprint density at radius 3 is 2.47 bits per heavy atom. The van der Waals surface area contributed by atoms with Crippen molar-refractivity contribution in [1.29, 1.82) is 0 Å². The maximum Gasteiger partial charge on any atom is 0.407 e. The van der Waals surface area contributed by atoms with Crippen molar-refractivity contribution in [3.05, 3.63) is 35.4 Å². The van der Waals surface area contributed by atoms with Gasteiger partial charge in [0.25, 0.3) is 5.91 Å². The number of alkyl carbamates (subject to hydrolysis) is 1. The van der Waals surface area contributed by atoms with Gasteiger partial charge in [0.2, 0.25) is 5.91 Å². The van der Waals surface area contributed by atoms with E-state index in [9.17, 15) is 19.2 Å². The summed E-state index contributed by atoms with van der Waals surface area (Å²) in [5, 5.41) is 5.29. The molecule has 2 saturated heterocycles. The standard InChI is InChI=1S/C23H32N4O5/c1-15-6-5-11-26(18(15)12-25-22(31)32-23(2,3)4)20(29)17-9-7-16(8-10-17)14-27-19(28)13-24-21(27)30/h7-10,15,18H,5-6,11-14H2,1-4H3,(H,24,30)(H,25,31)/t15-,18-/m1/s1. The minimum atomic E-state index is -0.583. The molecule has 2 aliphatic heterocycles. The van der Waals surface area contributed by atoms with Gasteiger partial charge in [-0.15, -0.1) is 0 Å². The molecule has 2 atom stereocenters. The van der Waals surface area contributed by atoms with Crippen molar-refractivity contribution in [2.45, 2.75) is 58.7 Å². The highest BCUT2D eigenvalue weighted by molar-refractivity contribution is 6.01. The first kappa shape index (κ1) is 23.6. The van der Waals surface area contributed by atoms with Crippen LogP contribution in [-0.4, -0.2) is 65.0 Å². The normalized spacial score (nSPS) is 21.4. The van der Waals surface area contributed by atoms with Gasteiger partial charge in [0, 0.05) is 18.7 Å². The van der Waals surface area contributed by atoms with Gasteiger partial charge in [-0.3, -0.25) is 14.5 Å². The van der Waals surface area contributed by atoms with Crippen molar-refractivity contribution in [2.75, 3.05) is 19.6 Å². The van der Waals surface area contributed by atoms with Crippen LogP contribution < -0.4 is 10.6 Å².